The van der Waals surface area contributed by atoms with Gasteiger partial charge in [0.2, 0.25) is 0 Å². The predicted octanol–water partition coefficient (Wildman–Crippen LogP) is 2.72. The van der Waals surface area contributed by atoms with Gasteiger partial charge in [0.25, 0.3) is 0 Å². The normalized spacial score (nSPS) is 10.8. The Morgan fingerprint density at radius 3 is 2.72 bits per heavy atom. The lowest BCUT2D eigenvalue weighted by Crippen LogP contribution is -2.04. The molecule has 4 heteroatoms. The van der Waals surface area contributed by atoms with Gasteiger partial charge in [0.15, 0.2) is 0 Å². The second kappa shape index (κ2) is 6.64. The van der Waals surface area contributed by atoms with E-state index >= 15 is 0 Å². The van der Waals surface area contributed by atoms with Gasteiger partial charge in [-0.15, -0.1) is 11.3 Å². The Labute approximate surface area is 112 Å². The second-order valence-electron chi connectivity index (χ2n) is 4.10. The number of benzene rings is 1. The van der Waals surface area contributed by atoms with Gasteiger partial charge < -0.3 is 10.1 Å². The molecule has 0 saturated heterocycles. The summed E-state index contributed by atoms with van der Waals surface area (Å²) in [4.78, 5) is 4.59. The second-order valence-corrected chi connectivity index (χ2v) is 5.04. The molecule has 0 saturated carbocycles. The van der Waals surface area contributed by atoms with Gasteiger partial charge in [0, 0.05) is 24.6 Å². The first-order valence-corrected chi connectivity index (χ1v) is 6.88. The number of ether oxygens (including phenoxy) is 1. The molecule has 3 nitrogen and oxygen atoms in total. The summed E-state index contributed by atoms with van der Waals surface area (Å²) < 4.78 is 5.07. The standard InChI is InChI=1S/C14H18N2OS/c1-15-9-14-16-13(10-18-14)12-5-3-11(4-6-12)7-8-17-2/h3-6,10,15H,7-9H2,1-2H3. The van der Waals surface area contributed by atoms with Crippen molar-refractivity contribution in [2.45, 2.75) is 13.0 Å². The zero-order chi connectivity index (χ0) is 12.8. The van der Waals surface area contributed by atoms with Crippen LogP contribution in [0.5, 0.6) is 0 Å². The topological polar surface area (TPSA) is 34.2 Å². The molecule has 2 rings (SSSR count). The molecule has 0 atom stereocenters. The number of thiazole rings is 1. The lowest BCUT2D eigenvalue weighted by Gasteiger charge is -2.02. The molecule has 96 valence electrons. The Morgan fingerprint density at radius 1 is 1.28 bits per heavy atom. The Bertz CT molecular complexity index is 479. The van der Waals surface area contributed by atoms with Crippen LogP contribution in [0.1, 0.15) is 10.6 Å². The summed E-state index contributed by atoms with van der Waals surface area (Å²) in [6.07, 6.45) is 0.957. The number of aromatic nitrogens is 1. The summed E-state index contributed by atoms with van der Waals surface area (Å²) in [5, 5.41) is 6.34. The third kappa shape index (κ3) is 3.38. The van der Waals surface area contributed by atoms with Gasteiger partial charge in [0.05, 0.1) is 12.3 Å². The van der Waals surface area contributed by atoms with E-state index in [4.69, 9.17) is 4.74 Å². The van der Waals surface area contributed by atoms with Crippen LogP contribution in [0.25, 0.3) is 11.3 Å². The molecule has 0 aliphatic heterocycles. The minimum absolute atomic E-state index is 0.766. The first-order chi connectivity index (χ1) is 8.83. The van der Waals surface area contributed by atoms with Crippen LogP contribution in [-0.4, -0.2) is 25.7 Å². The maximum absolute atomic E-state index is 5.07. The number of nitrogens with zero attached hydrogens (tertiary/aromatic N) is 1. The van der Waals surface area contributed by atoms with Gasteiger partial charge in [-0.1, -0.05) is 24.3 Å². The summed E-state index contributed by atoms with van der Waals surface area (Å²) in [6, 6.07) is 8.54. The molecule has 1 heterocycles. The molecular weight excluding hydrogens is 244 g/mol. The van der Waals surface area contributed by atoms with Crippen LogP contribution in [0.3, 0.4) is 0 Å². The first-order valence-electron chi connectivity index (χ1n) is 6.00. The van der Waals surface area contributed by atoms with Gasteiger partial charge in [-0.25, -0.2) is 4.98 Å². The van der Waals surface area contributed by atoms with Crippen LogP contribution >= 0.6 is 11.3 Å². The molecule has 18 heavy (non-hydrogen) atoms. The van der Waals surface area contributed by atoms with Crippen LogP contribution in [-0.2, 0) is 17.7 Å². The number of hydrogen-bond acceptors (Lipinski definition) is 4. The van der Waals surface area contributed by atoms with Crippen LogP contribution in [0.2, 0.25) is 0 Å². The number of hydrogen-bond donors (Lipinski definition) is 1. The van der Waals surface area contributed by atoms with Gasteiger partial charge in [-0.05, 0) is 19.0 Å². The SMILES string of the molecule is CNCc1nc(-c2ccc(CCOC)cc2)cs1. The van der Waals surface area contributed by atoms with Crippen molar-refractivity contribution in [3.63, 3.8) is 0 Å². The molecule has 1 aromatic heterocycles. The van der Waals surface area contributed by atoms with E-state index in [9.17, 15) is 0 Å². The maximum Gasteiger partial charge on any atom is 0.107 e. The molecule has 1 N–H and O–H groups in total. The van der Waals surface area contributed by atoms with Gasteiger partial charge >= 0.3 is 0 Å². The van der Waals surface area contributed by atoms with Crippen LogP contribution in [0.4, 0.5) is 0 Å². The van der Waals surface area contributed by atoms with E-state index in [1.54, 1.807) is 18.4 Å². The fourth-order valence-electron chi connectivity index (χ4n) is 1.74. The molecule has 0 radical (unpaired) electrons. The van der Waals surface area contributed by atoms with Crippen molar-refractivity contribution in [2.24, 2.45) is 0 Å². The van der Waals surface area contributed by atoms with Crippen molar-refractivity contribution in [3.8, 4) is 11.3 Å². The lowest BCUT2D eigenvalue weighted by molar-refractivity contribution is 0.202. The van der Waals surface area contributed by atoms with Crippen molar-refractivity contribution < 1.29 is 4.74 Å². The predicted molar refractivity (Wildman–Crippen MR) is 75.9 cm³/mol. The monoisotopic (exact) mass is 262 g/mol. The summed E-state index contributed by atoms with van der Waals surface area (Å²) >= 11 is 1.69. The third-order valence-corrected chi connectivity index (χ3v) is 3.57. The molecule has 0 spiro atoms. The molecule has 2 aromatic rings. The van der Waals surface area contributed by atoms with E-state index in [2.05, 4.69) is 39.9 Å². The molecule has 0 aliphatic rings. The lowest BCUT2D eigenvalue weighted by atomic mass is 10.1. The van der Waals surface area contributed by atoms with Gasteiger partial charge in [0.1, 0.15) is 5.01 Å². The maximum atomic E-state index is 5.07. The van der Waals surface area contributed by atoms with Crippen LogP contribution in [0, 0.1) is 0 Å². The van der Waals surface area contributed by atoms with Gasteiger partial charge in [-0.3, -0.25) is 0 Å². The number of methoxy groups -OCH3 is 1. The fraction of sp³-hybridized carbons (Fsp3) is 0.357. The highest BCUT2D eigenvalue weighted by molar-refractivity contribution is 7.09. The van der Waals surface area contributed by atoms with E-state index in [0.29, 0.717) is 0 Å². The summed E-state index contributed by atoms with van der Waals surface area (Å²) in [6.45, 7) is 1.60. The van der Waals surface area contributed by atoms with Crippen molar-refractivity contribution in [3.05, 3.63) is 40.2 Å². The highest BCUT2D eigenvalue weighted by Crippen LogP contribution is 2.22. The summed E-state index contributed by atoms with van der Waals surface area (Å²) in [7, 11) is 3.67. The smallest absolute Gasteiger partial charge is 0.107 e. The van der Waals surface area contributed by atoms with Crippen LogP contribution in [0.15, 0.2) is 29.6 Å². The minimum Gasteiger partial charge on any atom is -0.384 e. The molecule has 0 unspecified atom stereocenters. The van der Waals surface area contributed by atoms with E-state index in [-0.39, 0.29) is 0 Å². The van der Waals surface area contributed by atoms with Crippen molar-refractivity contribution in [1.29, 1.82) is 0 Å². The number of rotatable bonds is 6. The van der Waals surface area contributed by atoms with Crippen molar-refractivity contribution >= 4 is 11.3 Å². The average molecular weight is 262 g/mol. The van der Waals surface area contributed by atoms with Crippen LogP contribution < -0.4 is 5.32 Å². The molecule has 1 aromatic carbocycles. The fourth-order valence-corrected chi connectivity index (χ4v) is 2.55. The van der Waals surface area contributed by atoms with E-state index in [0.717, 1.165) is 30.3 Å². The Kier molecular flexibility index (Phi) is 4.87. The highest BCUT2D eigenvalue weighted by atomic mass is 32.1. The number of nitrogens with one attached hydrogen (secondary N) is 1. The Morgan fingerprint density at radius 2 is 2.06 bits per heavy atom. The molecule has 0 aliphatic carbocycles. The Hall–Kier alpha value is -1.23. The largest absolute Gasteiger partial charge is 0.384 e. The molecule has 0 amide bonds. The average Bonchev–Trinajstić information content (AvgIpc) is 2.86. The Balaban J connectivity index is 2.07. The summed E-state index contributed by atoms with van der Waals surface area (Å²) in [5.74, 6) is 0. The van der Waals surface area contributed by atoms with E-state index < -0.39 is 0 Å². The van der Waals surface area contributed by atoms with Crippen molar-refractivity contribution in [1.82, 2.24) is 10.3 Å². The van der Waals surface area contributed by atoms with E-state index in [1.165, 1.54) is 11.1 Å². The molecule has 0 fully saturated rings. The van der Waals surface area contributed by atoms with E-state index in [1.807, 2.05) is 7.05 Å². The summed E-state index contributed by atoms with van der Waals surface area (Å²) in [5.41, 5.74) is 3.53. The quantitative estimate of drug-likeness (QED) is 0.869. The van der Waals surface area contributed by atoms with Crippen molar-refractivity contribution in [2.75, 3.05) is 20.8 Å². The highest BCUT2D eigenvalue weighted by Gasteiger charge is 2.04. The van der Waals surface area contributed by atoms with Gasteiger partial charge in [-0.2, -0.15) is 0 Å². The first kappa shape index (κ1) is 13.2. The molecule has 0 bridgehead atoms. The molecular formula is C14H18N2OS. The minimum atomic E-state index is 0.766. The zero-order valence-corrected chi connectivity index (χ0v) is 11.6. The third-order valence-electron chi connectivity index (χ3n) is 2.72. The zero-order valence-electron chi connectivity index (χ0n) is 10.8.